The molecule has 6 nitrogen and oxygen atoms in total. The van der Waals surface area contributed by atoms with Gasteiger partial charge in [-0.15, -0.1) is 0 Å². The van der Waals surface area contributed by atoms with Crippen LogP contribution in [-0.2, 0) is 26.9 Å². The first-order valence-electron chi connectivity index (χ1n) is 10.6. The molecule has 8 heteroatoms. The molecule has 4 aromatic rings. The van der Waals surface area contributed by atoms with Crippen molar-refractivity contribution in [2.45, 2.75) is 32.6 Å². The molecule has 1 amide bonds. The molecule has 2 heterocycles. The number of amides is 1. The van der Waals surface area contributed by atoms with E-state index in [1.165, 1.54) is 11.3 Å². The summed E-state index contributed by atoms with van der Waals surface area (Å²) in [5, 5.41) is 0.563. The molecule has 170 valence electrons. The van der Waals surface area contributed by atoms with E-state index in [4.69, 9.17) is 4.98 Å². The van der Waals surface area contributed by atoms with Gasteiger partial charge in [-0.1, -0.05) is 53.8 Å². The fourth-order valence-corrected chi connectivity index (χ4v) is 6.06. The highest BCUT2D eigenvalue weighted by atomic mass is 32.2. The van der Waals surface area contributed by atoms with Gasteiger partial charge in [0.15, 0.2) is 15.0 Å². The van der Waals surface area contributed by atoms with E-state index in [0.29, 0.717) is 10.7 Å². The lowest BCUT2D eigenvalue weighted by Crippen LogP contribution is -2.32. The smallest absolute Gasteiger partial charge is 0.230 e. The largest absolute Gasteiger partial charge is 0.284 e. The molecule has 0 fully saturated rings. The zero-order valence-electron chi connectivity index (χ0n) is 18.6. The van der Waals surface area contributed by atoms with Crippen LogP contribution in [0, 0.1) is 13.8 Å². The maximum Gasteiger partial charge on any atom is 0.230 e. The molecule has 2 aromatic carbocycles. The van der Waals surface area contributed by atoms with Crippen LogP contribution in [0.4, 0.5) is 5.13 Å². The number of rotatable bonds is 8. The van der Waals surface area contributed by atoms with Crippen LogP contribution in [0.25, 0.3) is 10.2 Å². The Hall–Kier alpha value is -3.10. The number of hydrogen-bond acceptors (Lipinski definition) is 6. The second-order valence-corrected chi connectivity index (χ2v) is 11.3. The molecule has 4 rings (SSSR count). The third-order valence-electron chi connectivity index (χ3n) is 5.26. The minimum absolute atomic E-state index is 0.0800. The van der Waals surface area contributed by atoms with Crippen molar-refractivity contribution >= 4 is 42.4 Å². The minimum atomic E-state index is -3.43. The molecule has 0 spiro atoms. The van der Waals surface area contributed by atoms with Crippen LogP contribution in [0.3, 0.4) is 0 Å². The van der Waals surface area contributed by atoms with Crippen molar-refractivity contribution in [1.82, 2.24) is 9.97 Å². The van der Waals surface area contributed by atoms with Crippen molar-refractivity contribution in [3.05, 3.63) is 89.2 Å². The van der Waals surface area contributed by atoms with Crippen LogP contribution in [0.2, 0.25) is 0 Å². The summed E-state index contributed by atoms with van der Waals surface area (Å²) in [7, 11) is -3.43. The Morgan fingerprint density at radius 3 is 2.52 bits per heavy atom. The Morgan fingerprint density at radius 1 is 1.03 bits per heavy atom. The summed E-state index contributed by atoms with van der Waals surface area (Å²) < 4.78 is 26.3. The number of thiazole rings is 1. The Morgan fingerprint density at radius 2 is 1.79 bits per heavy atom. The van der Waals surface area contributed by atoms with Crippen molar-refractivity contribution in [2.75, 3.05) is 10.7 Å². The monoisotopic (exact) mass is 479 g/mol. The first-order chi connectivity index (χ1) is 15.8. The molecular weight excluding hydrogens is 454 g/mol. The standard InChI is InChI=1S/C25H25N3O3S2/c1-18-13-19(2)24-22(14-18)27-25(32-24)28(16-21-9-6-11-26-15-21)23(29)10-12-33(30,31)17-20-7-4-3-5-8-20/h3-9,11,13-15H,10,12,16-17H2,1-2H3. The number of sulfone groups is 1. The third-order valence-corrected chi connectivity index (χ3v) is 8.09. The van der Waals surface area contributed by atoms with E-state index in [-0.39, 0.29) is 30.4 Å². The number of aromatic nitrogens is 2. The maximum absolute atomic E-state index is 13.3. The summed E-state index contributed by atoms with van der Waals surface area (Å²) in [5.74, 6) is -0.569. The van der Waals surface area contributed by atoms with E-state index in [0.717, 1.165) is 26.9 Å². The summed E-state index contributed by atoms with van der Waals surface area (Å²) in [5.41, 5.74) is 4.62. The van der Waals surface area contributed by atoms with Gasteiger partial charge in [-0.2, -0.15) is 0 Å². The summed E-state index contributed by atoms with van der Waals surface area (Å²) >= 11 is 1.45. The number of nitrogens with zero attached hydrogens (tertiary/aromatic N) is 3. The van der Waals surface area contributed by atoms with Crippen molar-refractivity contribution in [1.29, 1.82) is 0 Å². The predicted octanol–water partition coefficient (Wildman–Crippen LogP) is 4.85. The number of carbonyl (C=O) groups excluding carboxylic acids is 1. The zero-order valence-corrected chi connectivity index (χ0v) is 20.2. The van der Waals surface area contributed by atoms with Gasteiger partial charge in [0, 0.05) is 18.8 Å². The lowest BCUT2D eigenvalue weighted by atomic mass is 10.1. The lowest BCUT2D eigenvalue weighted by Gasteiger charge is -2.20. The van der Waals surface area contributed by atoms with Gasteiger partial charge < -0.3 is 0 Å². The molecule has 2 aromatic heterocycles. The summed E-state index contributed by atoms with van der Waals surface area (Å²) in [6.45, 7) is 4.32. The normalized spacial score (nSPS) is 11.6. The van der Waals surface area contributed by atoms with E-state index in [1.54, 1.807) is 29.4 Å². The van der Waals surface area contributed by atoms with Crippen molar-refractivity contribution in [3.63, 3.8) is 0 Å². The Labute approximate surface area is 197 Å². The van der Waals surface area contributed by atoms with Gasteiger partial charge in [0.1, 0.15) is 0 Å². The maximum atomic E-state index is 13.3. The van der Waals surface area contributed by atoms with Gasteiger partial charge in [0.05, 0.1) is 28.3 Å². The highest BCUT2D eigenvalue weighted by Gasteiger charge is 2.23. The molecule has 0 atom stereocenters. The zero-order chi connectivity index (χ0) is 23.4. The Kier molecular flexibility index (Phi) is 6.85. The van der Waals surface area contributed by atoms with Crippen LogP contribution in [-0.4, -0.2) is 30.0 Å². The molecule has 0 radical (unpaired) electrons. The van der Waals surface area contributed by atoms with E-state index in [2.05, 4.69) is 11.1 Å². The second kappa shape index (κ2) is 9.80. The first-order valence-corrected chi connectivity index (χ1v) is 13.3. The molecule has 0 saturated carbocycles. The van der Waals surface area contributed by atoms with E-state index in [9.17, 15) is 13.2 Å². The SMILES string of the molecule is Cc1cc(C)c2sc(N(Cc3cccnc3)C(=O)CCS(=O)(=O)Cc3ccccc3)nc2c1. The number of benzene rings is 2. The number of hydrogen-bond donors (Lipinski definition) is 0. The number of carbonyl (C=O) groups is 1. The van der Waals surface area contributed by atoms with Gasteiger partial charge >= 0.3 is 0 Å². The van der Waals surface area contributed by atoms with Gasteiger partial charge in [-0.05, 0) is 48.2 Å². The first kappa shape index (κ1) is 23.1. The summed E-state index contributed by atoms with van der Waals surface area (Å²) in [6, 6.07) is 16.8. The van der Waals surface area contributed by atoms with Gasteiger partial charge in [0.25, 0.3) is 0 Å². The van der Waals surface area contributed by atoms with E-state index in [1.807, 2.05) is 50.2 Å². The molecule has 0 aliphatic rings. The molecule has 0 aliphatic heterocycles. The van der Waals surface area contributed by atoms with Crippen molar-refractivity contribution in [3.8, 4) is 0 Å². The molecule has 0 aliphatic carbocycles. The fourth-order valence-electron chi connectivity index (χ4n) is 3.70. The average Bonchev–Trinajstić information content (AvgIpc) is 3.21. The molecule has 0 unspecified atom stereocenters. The summed E-state index contributed by atoms with van der Waals surface area (Å²) in [6.07, 6.45) is 3.27. The highest BCUT2D eigenvalue weighted by molar-refractivity contribution is 7.90. The third kappa shape index (κ3) is 5.83. The number of pyridine rings is 1. The van der Waals surface area contributed by atoms with Gasteiger partial charge in [-0.3, -0.25) is 14.7 Å². The second-order valence-electron chi connectivity index (χ2n) is 8.10. The minimum Gasteiger partial charge on any atom is -0.284 e. The number of aryl methyl sites for hydroxylation is 2. The lowest BCUT2D eigenvalue weighted by molar-refractivity contribution is -0.118. The Balaban J connectivity index is 1.58. The van der Waals surface area contributed by atoms with E-state index >= 15 is 0 Å². The Bertz CT molecular complexity index is 1370. The fraction of sp³-hybridized carbons (Fsp3) is 0.240. The van der Waals surface area contributed by atoms with Crippen LogP contribution >= 0.6 is 11.3 Å². The predicted molar refractivity (Wildman–Crippen MR) is 133 cm³/mol. The number of anilines is 1. The van der Waals surface area contributed by atoms with Gasteiger partial charge in [-0.25, -0.2) is 13.4 Å². The van der Waals surface area contributed by atoms with E-state index < -0.39 is 9.84 Å². The van der Waals surface area contributed by atoms with Crippen molar-refractivity contribution < 1.29 is 13.2 Å². The molecule has 0 saturated heterocycles. The quantitative estimate of drug-likeness (QED) is 0.361. The topological polar surface area (TPSA) is 80.2 Å². The van der Waals surface area contributed by atoms with Gasteiger partial charge in [0.2, 0.25) is 5.91 Å². The van der Waals surface area contributed by atoms with Crippen molar-refractivity contribution in [2.24, 2.45) is 0 Å². The average molecular weight is 480 g/mol. The van der Waals surface area contributed by atoms with Crippen LogP contribution < -0.4 is 4.90 Å². The molecular formula is C25H25N3O3S2. The summed E-state index contributed by atoms with van der Waals surface area (Å²) in [4.78, 5) is 23.7. The molecule has 0 bridgehead atoms. The van der Waals surface area contributed by atoms with Crippen LogP contribution in [0.1, 0.15) is 28.7 Å². The van der Waals surface area contributed by atoms with Crippen LogP contribution in [0.15, 0.2) is 67.0 Å². The molecule has 0 N–H and O–H groups in total. The number of fused-ring (bicyclic) bond motifs is 1. The van der Waals surface area contributed by atoms with Crippen LogP contribution in [0.5, 0.6) is 0 Å². The molecule has 33 heavy (non-hydrogen) atoms. The highest BCUT2D eigenvalue weighted by Crippen LogP contribution is 2.33.